The molecular formula is C15H11BrO3. The molecule has 96 valence electrons. The minimum Gasteiger partial charge on any atom is -0.458 e. The van der Waals surface area contributed by atoms with Gasteiger partial charge in [0.05, 0.1) is 0 Å². The van der Waals surface area contributed by atoms with Crippen LogP contribution in [0.15, 0.2) is 43.6 Å². The van der Waals surface area contributed by atoms with E-state index in [0.29, 0.717) is 22.9 Å². The standard InChI is InChI=1S/C15H11BrO3/c1-8-3-6-12(18-8)14(17)15-9(2)11-5-4-10(16)7-13(11)19-15/h3-7H,1-2H3. The van der Waals surface area contributed by atoms with Crippen LogP contribution in [-0.4, -0.2) is 5.78 Å². The highest BCUT2D eigenvalue weighted by atomic mass is 79.9. The Balaban J connectivity index is 2.15. The molecule has 0 saturated carbocycles. The number of aryl methyl sites for hydroxylation is 2. The lowest BCUT2D eigenvalue weighted by Crippen LogP contribution is -1.99. The number of benzene rings is 1. The molecule has 1 aromatic carbocycles. The molecule has 0 bridgehead atoms. The lowest BCUT2D eigenvalue weighted by Gasteiger charge is -1.94. The van der Waals surface area contributed by atoms with Gasteiger partial charge in [-0.3, -0.25) is 4.79 Å². The van der Waals surface area contributed by atoms with Crippen molar-refractivity contribution in [2.45, 2.75) is 13.8 Å². The average Bonchev–Trinajstić information content (AvgIpc) is 2.93. The van der Waals surface area contributed by atoms with Gasteiger partial charge >= 0.3 is 0 Å². The van der Waals surface area contributed by atoms with E-state index in [0.717, 1.165) is 15.4 Å². The van der Waals surface area contributed by atoms with Crippen LogP contribution in [0, 0.1) is 13.8 Å². The third-order valence-corrected chi connectivity index (χ3v) is 3.56. The van der Waals surface area contributed by atoms with E-state index < -0.39 is 0 Å². The molecule has 19 heavy (non-hydrogen) atoms. The second-order valence-electron chi connectivity index (χ2n) is 4.44. The lowest BCUT2D eigenvalue weighted by molar-refractivity contribution is 0.0983. The first-order chi connectivity index (χ1) is 9.06. The van der Waals surface area contributed by atoms with E-state index in [1.165, 1.54) is 0 Å². The summed E-state index contributed by atoms with van der Waals surface area (Å²) < 4.78 is 11.9. The second-order valence-corrected chi connectivity index (χ2v) is 5.35. The number of ketones is 1. The van der Waals surface area contributed by atoms with Gasteiger partial charge in [0.1, 0.15) is 11.3 Å². The van der Waals surface area contributed by atoms with Gasteiger partial charge in [-0.05, 0) is 44.2 Å². The van der Waals surface area contributed by atoms with Gasteiger partial charge in [0.15, 0.2) is 11.5 Å². The molecule has 4 heteroatoms. The van der Waals surface area contributed by atoms with Gasteiger partial charge in [-0.25, -0.2) is 0 Å². The first-order valence-electron chi connectivity index (χ1n) is 5.86. The highest BCUT2D eigenvalue weighted by Crippen LogP contribution is 2.29. The van der Waals surface area contributed by atoms with Gasteiger partial charge in [-0.1, -0.05) is 15.9 Å². The van der Waals surface area contributed by atoms with Crippen LogP contribution < -0.4 is 0 Å². The Labute approximate surface area is 118 Å². The van der Waals surface area contributed by atoms with Crippen LogP contribution in [0.25, 0.3) is 11.0 Å². The first-order valence-corrected chi connectivity index (χ1v) is 6.65. The molecule has 3 nitrogen and oxygen atoms in total. The number of furan rings is 2. The van der Waals surface area contributed by atoms with E-state index in [1.807, 2.05) is 25.1 Å². The number of carbonyl (C=O) groups excluding carboxylic acids is 1. The minimum absolute atomic E-state index is 0.224. The van der Waals surface area contributed by atoms with Crippen LogP contribution in [0.5, 0.6) is 0 Å². The van der Waals surface area contributed by atoms with E-state index >= 15 is 0 Å². The molecule has 0 atom stereocenters. The van der Waals surface area contributed by atoms with Crippen molar-refractivity contribution in [3.8, 4) is 0 Å². The van der Waals surface area contributed by atoms with E-state index in [9.17, 15) is 4.79 Å². The Kier molecular flexibility index (Phi) is 2.82. The van der Waals surface area contributed by atoms with Crippen LogP contribution in [-0.2, 0) is 0 Å². The van der Waals surface area contributed by atoms with Crippen molar-refractivity contribution in [2.24, 2.45) is 0 Å². The SMILES string of the molecule is Cc1ccc(C(=O)c2oc3cc(Br)ccc3c2C)o1. The monoisotopic (exact) mass is 318 g/mol. The van der Waals surface area contributed by atoms with E-state index in [1.54, 1.807) is 19.1 Å². The molecule has 0 aliphatic carbocycles. The first kappa shape index (κ1) is 12.2. The Morgan fingerprint density at radius 1 is 1.11 bits per heavy atom. The molecule has 0 aliphatic heterocycles. The molecule has 0 saturated heterocycles. The van der Waals surface area contributed by atoms with Crippen molar-refractivity contribution in [3.63, 3.8) is 0 Å². The quantitative estimate of drug-likeness (QED) is 0.647. The molecule has 2 aromatic heterocycles. The summed E-state index contributed by atoms with van der Waals surface area (Å²) in [7, 11) is 0. The molecule has 3 rings (SSSR count). The molecule has 2 heterocycles. The van der Waals surface area contributed by atoms with Gasteiger partial charge in [-0.15, -0.1) is 0 Å². The van der Waals surface area contributed by atoms with Gasteiger partial charge in [0, 0.05) is 15.4 Å². The zero-order chi connectivity index (χ0) is 13.6. The van der Waals surface area contributed by atoms with Crippen LogP contribution in [0.1, 0.15) is 27.6 Å². The second kappa shape index (κ2) is 4.38. The van der Waals surface area contributed by atoms with E-state index in [4.69, 9.17) is 8.83 Å². The maximum Gasteiger partial charge on any atom is 0.263 e. The van der Waals surface area contributed by atoms with E-state index in [-0.39, 0.29) is 5.78 Å². The molecule has 0 aliphatic rings. The molecule has 0 radical (unpaired) electrons. The average molecular weight is 319 g/mol. The maximum atomic E-state index is 12.3. The Bertz CT molecular complexity index is 780. The highest BCUT2D eigenvalue weighted by molar-refractivity contribution is 9.10. The van der Waals surface area contributed by atoms with E-state index in [2.05, 4.69) is 15.9 Å². The van der Waals surface area contributed by atoms with Crippen molar-refractivity contribution in [1.82, 2.24) is 0 Å². The van der Waals surface area contributed by atoms with Crippen molar-refractivity contribution in [1.29, 1.82) is 0 Å². The van der Waals surface area contributed by atoms with Crippen molar-refractivity contribution >= 4 is 32.7 Å². The molecular weight excluding hydrogens is 308 g/mol. The highest BCUT2D eigenvalue weighted by Gasteiger charge is 2.21. The molecule has 0 spiro atoms. The molecule has 0 N–H and O–H groups in total. The van der Waals surface area contributed by atoms with Crippen molar-refractivity contribution < 1.29 is 13.6 Å². The van der Waals surface area contributed by atoms with Crippen LogP contribution >= 0.6 is 15.9 Å². The predicted octanol–water partition coefficient (Wildman–Crippen LogP) is 4.64. The fourth-order valence-electron chi connectivity index (χ4n) is 2.08. The number of rotatable bonds is 2. The van der Waals surface area contributed by atoms with Crippen LogP contribution in [0.4, 0.5) is 0 Å². The maximum absolute atomic E-state index is 12.3. The fraction of sp³-hybridized carbons (Fsp3) is 0.133. The predicted molar refractivity (Wildman–Crippen MR) is 75.5 cm³/mol. The summed E-state index contributed by atoms with van der Waals surface area (Å²) in [6.07, 6.45) is 0. The minimum atomic E-state index is -0.224. The van der Waals surface area contributed by atoms with Crippen molar-refractivity contribution in [3.05, 3.63) is 57.6 Å². The van der Waals surface area contributed by atoms with Crippen molar-refractivity contribution in [2.75, 3.05) is 0 Å². The van der Waals surface area contributed by atoms with Crippen LogP contribution in [0.2, 0.25) is 0 Å². The number of hydrogen-bond acceptors (Lipinski definition) is 3. The molecule has 0 fully saturated rings. The zero-order valence-corrected chi connectivity index (χ0v) is 12.1. The fourth-order valence-corrected chi connectivity index (χ4v) is 2.42. The summed E-state index contributed by atoms with van der Waals surface area (Å²) in [5.74, 6) is 1.12. The third-order valence-electron chi connectivity index (χ3n) is 3.07. The van der Waals surface area contributed by atoms with Gasteiger partial charge < -0.3 is 8.83 Å². The largest absolute Gasteiger partial charge is 0.458 e. The van der Waals surface area contributed by atoms with Gasteiger partial charge in [-0.2, -0.15) is 0 Å². The summed E-state index contributed by atoms with van der Waals surface area (Å²) in [5, 5.41) is 0.940. The molecule has 0 amide bonds. The Morgan fingerprint density at radius 3 is 2.58 bits per heavy atom. The third kappa shape index (κ3) is 2.02. The topological polar surface area (TPSA) is 43.4 Å². The van der Waals surface area contributed by atoms with Crippen LogP contribution in [0.3, 0.4) is 0 Å². The summed E-state index contributed by atoms with van der Waals surface area (Å²) in [4.78, 5) is 12.3. The number of carbonyl (C=O) groups is 1. The van der Waals surface area contributed by atoms with Gasteiger partial charge in [0.2, 0.25) is 0 Å². The van der Waals surface area contributed by atoms with Gasteiger partial charge in [0.25, 0.3) is 5.78 Å². The zero-order valence-electron chi connectivity index (χ0n) is 10.5. The lowest BCUT2D eigenvalue weighted by atomic mass is 10.1. The Hall–Kier alpha value is -1.81. The summed E-state index contributed by atoms with van der Waals surface area (Å²) in [6.45, 7) is 3.68. The number of halogens is 1. The number of fused-ring (bicyclic) bond motifs is 1. The summed E-state index contributed by atoms with van der Waals surface area (Å²) in [5.41, 5.74) is 1.53. The smallest absolute Gasteiger partial charge is 0.263 e. The number of hydrogen-bond donors (Lipinski definition) is 0. The Morgan fingerprint density at radius 2 is 1.89 bits per heavy atom. The normalized spacial score (nSPS) is 11.1. The summed E-state index contributed by atoms with van der Waals surface area (Å²) >= 11 is 3.39. The molecule has 3 aromatic rings. The molecule has 0 unspecified atom stereocenters. The summed E-state index contributed by atoms with van der Waals surface area (Å²) in [6, 6.07) is 9.15.